The fourth-order valence-electron chi connectivity index (χ4n) is 1.06. The number of hydrogen-bond acceptors (Lipinski definition) is 4. The van der Waals surface area contributed by atoms with Crippen LogP contribution in [0.1, 0.15) is 11.6 Å². The number of halogens is 1. The summed E-state index contributed by atoms with van der Waals surface area (Å²) < 4.78 is 17.6. The van der Waals surface area contributed by atoms with Gasteiger partial charge < -0.3 is 15.6 Å². The monoisotopic (exact) mass is 196 g/mol. The van der Waals surface area contributed by atoms with Gasteiger partial charge in [-0.1, -0.05) is 0 Å². The molecule has 0 bridgehead atoms. The summed E-state index contributed by atoms with van der Waals surface area (Å²) in [4.78, 5) is 0. The number of nitriles is 1. The number of nitrogens with two attached hydrogens (primary N) is 1. The van der Waals surface area contributed by atoms with Gasteiger partial charge in [-0.2, -0.15) is 5.26 Å². The van der Waals surface area contributed by atoms with E-state index >= 15 is 0 Å². The molecule has 0 unspecified atom stereocenters. The molecule has 1 rings (SSSR count). The number of ether oxygens (including phenoxy) is 1. The van der Waals surface area contributed by atoms with E-state index in [1.807, 2.05) is 0 Å². The zero-order chi connectivity index (χ0) is 10.7. The van der Waals surface area contributed by atoms with Gasteiger partial charge in [0.05, 0.1) is 13.2 Å². The summed E-state index contributed by atoms with van der Waals surface area (Å²) in [6.45, 7) is 0. The number of phenolic OH excluding ortho intramolecular Hbond substituents is 1. The minimum Gasteiger partial charge on any atom is -0.504 e. The van der Waals surface area contributed by atoms with Crippen LogP contribution in [0.15, 0.2) is 12.1 Å². The summed E-state index contributed by atoms with van der Waals surface area (Å²) >= 11 is 0. The lowest BCUT2D eigenvalue weighted by molar-refractivity contribution is 0.366. The van der Waals surface area contributed by atoms with Gasteiger partial charge in [-0.25, -0.2) is 4.39 Å². The van der Waals surface area contributed by atoms with Crippen molar-refractivity contribution in [1.29, 1.82) is 5.26 Å². The molecule has 0 saturated carbocycles. The molecule has 0 heterocycles. The topological polar surface area (TPSA) is 79.3 Å². The Morgan fingerprint density at radius 3 is 2.79 bits per heavy atom. The second-order valence-electron chi connectivity index (χ2n) is 2.65. The van der Waals surface area contributed by atoms with E-state index in [-0.39, 0.29) is 17.1 Å². The third-order valence-electron chi connectivity index (χ3n) is 1.76. The van der Waals surface area contributed by atoms with E-state index in [0.717, 1.165) is 12.1 Å². The second-order valence-corrected chi connectivity index (χ2v) is 2.65. The van der Waals surface area contributed by atoms with Gasteiger partial charge in [-0.15, -0.1) is 0 Å². The van der Waals surface area contributed by atoms with Crippen LogP contribution >= 0.6 is 0 Å². The molecule has 0 fully saturated rings. The minimum absolute atomic E-state index is 0.0179. The number of methoxy groups -OCH3 is 1. The van der Waals surface area contributed by atoms with E-state index in [2.05, 4.69) is 0 Å². The van der Waals surface area contributed by atoms with Crippen LogP contribution in [0, 0.1) is 17.1 Å². The Bertz CT molecular complexity index is 387. The SMILES string of the molecule is COc1cc(F)cc([C@@H](N)C#N)c1O. The van der Waals surface area contributed by atoms with Gasteiger partial charge in [0, 0.05) is 11.6 Å². The van der Waals surface area contributed by atoms with Crippen molar-refractivity contribution in [1.82, 2.24) is 0 Å². The van der Waals surface area contributed by atoms with Gasteiger partial charge in [-0.05, 0) is 6.07 Å². The third-order valence-corrected chi connectivity index (χ3v) is 1.76. The van der Waals surface area contributed by atoms with Crippen molar-refractivity contribution < 1.29 is 14.2 Å². The van der Waals surface area contributed by atoms with Gasteiger partial charge in [-0.3, -0.25) is 0 Å². The van der Waals surface area contributed by atoms with Crippen LogP contribution in [0.4, 0.5) is 4.39 Å². The summed E-state index contributed by atoms with van der Waals surface area (Å²) in [6.07, 6.45) is 0. The maximum absolute atomic E-state index is 12.9. The number of rotatable bonds is 2. The smallest absolute Gasteiger partial charge is 0.163 e. The molecule has 0 saturated heterocycles. The molecular weight excluding hydrogens is 187 g/mol. The second kappa shape index (κ2) is 3.94. The van der Waals surface area contributed by atoms with Crippen LogP contribution in [-0.2, 0) is 0 Å². The van der Waals surface area contributed by atoms with Crippen LogP contribution in [0.3, 0.4) is 0 Å². The fraction of sp³-hybridized carbons (Fsp3) is 0.222. The number of nitrogens with zero attached hydrogens (tertiary/aromatic N) is 1. The van der Waals surface area contributed by atoms with Gasteiger partial charge in [0.2, 0.25) is 0 Å². The lowest BCUT2D eigenvalue weighted by atomic mass is 10.1. The van der Waals surface area contributed by atoms with Crippen LogP contribution < -0.4 is 10.5 Å². The van der Waals surface area contributed by atoms with Crippen molar-refractivity contribution in [2.75, 3.05) is 7.11 Å². The van der Waals surface area contributed by atoms with Gasteiger partial charge >= 0.3 is 0 Å². The molecule has 1 atom stereocenters. The van der Waals surface area contributed by atoms with E-state index < -0.39 is 11.9 Å². The first-order valence-electron chi connectivity index (χ1n) is 3.81. The highest BCUT2D eigenvalue weighted by Gasteiger charge is 2.15. The molecule has 1 aromatic rings. The maximum atomic E-state index is 12.9. The third kappa shape index (κ3) is 1.75. The molecule has 0 radical (unpaired) electrons. The molecular formula is C9H9FN2O2. The average molecular weight is 196 g/mol. The zero-order valence-corrected chi connectivity index (χ0v) is 7.49. The summed E-state index contributed by atoms with van der Waals surface area (Å²) in [5.41, 5.74) is 5.36. The zero-order valence-electron chi connectivity index (χ0n) is 7.49. The highest BCUT2D eigenvalue weighted by Crippen LogP contribution is 2.33. The first kappa shape index (κ1) is 10.3. The first-order chi connectivity index (χ1) is 6.60. The molecule has 74 valence electrons. The van der Waals surface area contributed by atoms with E-state index in [0.29, 0.717) is 0 Å². The molecule has 0 aromatic heterocycles. The molecule has 4 nitrogen and oxygen atoms in total. The number of phenols is 1. The van der Waals surface area contributed by atoms with Crippen molar-refractivity contribution >= 4 is 0 Å². The summed E-state index contributed by atoms with van der Waals surface area (Å²) in [5, 5.41) is 18.0. The minimum atomic E-state index is -1.07. The highest BCUT2D eigenvalue weighted by molar-refractivity contribution is 5.48. The number of aromatic hydroxyl groups is 1. The average Bonchev–Trinajstić information content (AvgIpc) is 2.19. The van der Waals surface area contributed by atoms with Gasteiger partial charge in [0.25, 0.3) is 0 Å². The van der Waals surface area contributed by atoms with Crippen LogP contribution in [0.5, 0.6) is 11.5 Å². The van der Waals surface area contributed by atoms with Crippen molar-refractivity contribution in [3.05, 3.63) is 23.5 Å². The Kier molecular flexibility index (Phi) is 2.89. The molecule has 0 spiro atoms. The summed E-state index contributed by atoms with van der Waals surface area (Å²) in [6, 6.07) is 2.65. The van der Waals surface area contributed by atoms with Crippen molar-refractivity contribution in [3.8, 4) is 17.6 Å². The van der Waals surface area contributed by atoms with Crippen LogP contribution in [0.25, 0.3) is 0 Å². The number of hydrogen-bond donors (Lipinski definition) is 2. The lowest BCUT2D eigenvalue weighted by Crippen LogP contribution is -2.08. The normalized spacial score (nSPS) is 11.9. The van der Waals surface area contributed by atoms with Crippen molar-refractivity contribution in [3.63, 3.8) is 0 Å². The van der Waals surface area contributed by atoms with Crippen LogP contribution in [-0.4, -0.2) is 12.2 Å². The molecule has 3 N–H and O–H groups in total. The Balaban J connectivity index is 3.30. The first-order valence-corrected chi connectivity index (χ1v) is 3.81. The molecule has 0 aliphatic rings. The summed E-state index contributed by atoms with van der Waals surface area (Å²) in [5.74, 6) is -0.950. The fourth-order valence-corrected chi connectivity index (χ4v) is 1.06. The molecule has 5 heteroatoms. The van der Waals surface area contributed by atoms with E-state index in [4.69, 9.17) is 15.7 Å². The predicted octanol–water partition coefficient (Wildman–Crippen LogP) is 1.06. The molecule has 14 heavy (non-hydrogen) atoms. The lowest BCUT2D eigenvalue weighted by Gasteiger charge is -2.10. The quantitative estimate of drug-likeness (QED) is 0.741. The van der Waals surface area contributed by atoms with Crippen LogP contribution in [0.2, 0.25) is 0 Å². The Morgan fingerprint density at radius 1 is 1.64 bits per heavy atom. The van der Waals surface area contributed by atoms with E-state index in [1.54, 1.807) is 6.07 Å². The molecule has 0 aliphatic heterocycles. The Morgan fingerprint density at radius 2 is 2.29 bits per heavy atom. The van der Waals surface area contributed by atoms with Crippen molar-refractivity contribution in [2.24, 2.45) is 5.73 Å². The Hall–Kier alpha value is -1.80. The highest BCUT2D eigenvalue weighted by atomic mass is 19.1. The van der Waals surface area contributed by atoms with E-state index in [9.17, 15) is 9.50 Å². The maximum Gasteiger partial charge on any atom is 0.163 e. The standard InChI is InChI=1S/C9H9FN2O2/c1-14-8-3-5(10)2-6(9(8)13)7(12)4-11/h2-3,7,13H,12H2,1H3/t7-/m0/s1. The molecule has 1 aromatic carbocycles. The molecule has 0 aliphatic carbocycles. The van der Waals surface area contributed by atoms with Gasteiger partial charge in [0.1, 0.15) is 11.9 Å². The van der Waals surface area contributed by atoms with Gasteiger partial charge in [0.15, 0.2) is 11.5 Å². The Labute approximate surface area is 80.3 Å². The van der Waals surface area contributed by atoms with Crippen molar-refractivity contribution in [2.45, 2.75) is 6.04 Å². The predicted molar refractivity (Wildman–Crippen MR) is 47.2 cm³/mol. The number of benzene rings is 1. The summed E-state index contributed by atoms with van der Waals surface area (Å²) in [7, 11) is 1.29. The van der Waals surface area contributed by atoms with E-state index in [1.165, 1.54) is 7.11 Å². The molecule has 0 amide bonds. The largest absolute Gasteiger partial charge is 0.504 e.